The van der Waals surface area contributed by atoms with Gasteiger partial charge in [0.1, 0.15) is 0 Å². The molecule has 132 valence electrons. The first kappa shape index (κ1) is 17.4. The molecular weight excluding hydrogens is 330 g/mol. The Hall–Kier alpha value is -3.41. The summed E-state index contributed by atoms with van der Waals surface area (Å²) in [5.74, 6) is -0.679. The van der Waals surface area contributed by atoms with Gasteiger partial charge in [0.25, 0.3) is 5.91 Å². The van der Waals surface area contributed by atoms with Gasteiger partial charge in [-0.2, -0.15) is 5.10 Å². The average molecular weight is 349 g/mol. The van der Waals surface area contributed by atoms with Gasteiger partial charge in [-0.3, -0.25) is 4.79 Å². The highest BCUT2D eigenvalue weighted by Gasteiger charge is 2.14. The predicted octanol–water partition coefficient (Wildman–Crippen LogP) is 3.53. The maximum atomic E-state index is 12.5. The van der Waals surface area contributed by atoms with Crippen molar-refractivity contribution in [1.29, 1.82) is 0 Å². The van der Waals surface area contributed by atoms with Gasteiger partial charge >= 0.3 is 5.97 Å². The Balaban J connectivity index is 1.81. The van der Waals surface area contributed by atoms with Crippen LogP contribution in [0.4, 0.5) is 5.69 Å². The van der Waals surface area contributed by atoms with Crippen LogP contribution in [-0.4, -0.2) is 28.8 Å². The fourth-order valence-electron chi connectivity index (χ4n) is 2.64. The van der Waals surface area contributed by atoms with Gasteiger partial charge in [0.2, 0.25) is 0 Å². The number of aryl methyl sites for hydroxylation is 1. The van der Waals surface area contributed by atoms with E-state index in [1.54, 1.807) is 29.1 Å². The molecule has 0 saturated heterocycles. The van der Waals surface area contributed by atoms with Crippen LogP contribution in [0.15, 0.2) is 54.9 Å². The molecule has 0 aliphatic carbocycles. The van der Waals surface area contributed by atoms with Crippen LogP contribution in [0.25, 0.3) is 5.69 Å². The third kappa shape index (κ3) is 3.49. The van der Waals surface area contributed by atoms with Gasteiger partial charge < -0.3 is 10.1 Å². The molecule has 1 aromatic heterocycles. The maximum absolute atomic E-state index is 12.5. The van der Waals surface area contributed by atoms with Crippen molar-refractivity contribution in [1.82, 2.24) is 9.78 Å². The van der Waals surface area contributed by atoms with E-state index in [9.17, 15) is 9.59 Å². The maximum Gasteiger partial charge on any atom is 0.338 e. The number of methoxy groups -OCH3 is 1. The topological polar surface area (TPSA) is 73.2 Å². The Morgan fingerprint density at radius 3 is 2.46 bits per heavy atom. The zero-order chi connectivity index (χ0) is 18.7. The fourth-order valence-corrected chi connectivity index (χ4v) is 2.64. The van der Waals surface area contributed by atoms with Crippen LogP contribution < -0.4 is 5.32 Å². The monoisotopic (exact) mass is 349 g/mol. The lowest BCUT2D eigenvalue weighted by Gasteiger charge is -2.12. The highest BCUT2D eigenvalue weighted by atomic mass is 16.5. The number of rotatable bonds is 4. The van der Waals surface area contributed by atoms with Gasteiger partial charge in [-0.15, -0.1) is 0 Å². The van der Waals surface area contributed by atoms with Gasteiger partial charge in [0, 0.05) is 23.6 Å². The highest BCUT2D eigenvalue weighted by molar-refractivity contribution is 6.05. The van der Waals surface area contributed by atoms with Crippen molar-refractivity contribution in [3.05, 3.63) is 77.1 Å². The zero-order valence-corrected chi connectivity index (χ0v) is 14.8. The van der Waals surface area contributed by atoms with Crippen molar-refractivity contribution in [2.45, 2.75) is 13.8 Å². The largest absolute Gasteiger partial charge is 0.465 e. The van der Waals surface area contributed by atoms with Gasteiger partial charge in [-0.25, -0.2) is 9.48 Å². The van der Waals surface area contributed by atoms with Crippen molar-refractivity contribution in [2.24, 2.45) is 0 Å². The van der Waals surface area contributed by atoms with Crippen molar-refractivity contribution in [3.8, 4) is 5.69 Å². The van der Waals surface area contributed by atoms with E-state index in [0.717, 1.165) is 16.8 Å². The number of amides is 1. The number of benzene rings is 2. The summed E-state index contributed by atoms with van der Waals surface area (Å²) in [5, 5.41) is 6.98. The summed E-state index contributed by atoms with van der Waals surface area (Å²) >= 11 is 0. The molecule has 0 spiro atoms. The van der Waals surface area contributed by atoms with E-state index in [1.165, 1.54) is 7.11 Å². The summed E-state index contributed by atoms with van der Waals surface area (Å²) in [6, 6.07) is 12.4. The van der Waals surface area contributed by atoms with Gasteiger partial charge in [0.05, 0.1) is 18.4 Å². The molecule has 0 saturated carbocycles. The van der Waals surface area contributed by atoms with E-state index in [2.05, 4.69) is 10.4 Å². The number of nitrogens with one attached hydrogen (secondary N) is 1. The Kier molecular flexibility index (Phi) is 4.84. The number of anilines is 1. The van der Waals surface area contributed by atoms with Crippen LogP contribution >= 0.6 is 0 Å². The molecule has 0 fully saturated rings. The molecule has 0 bridgehead atoms. The molecule has 6 heteroatoms. The summed E-state index contributed by atoms with van der Waals surface area (Å²) in [4.78, 5) is 24.4. The minimum absolute atomic E-state index is 0.254. The van der Waals surface area contributed by atoms with E-state index >= 15 is 0 Å². The van der Waals surface area contributed by atoms with E-state index in [4.69, 9.17) is 4.74 Å². The second kappa shape index (κ2) is 7.23. The second-order valence-corrected chi connectivity index (χ2v) is 5.91. The van der Waals surface area contributed by atoms with Crippen LogP contribution in [0.1, 0.15) is 31.8 Å². The third-order valence-corrected chi connectivity index (χ3v) is 4.23. The lowest BCUT2D eigenvalue weighted by Crippen LogP contribution is -2.14. The number of nitrogens with zero attached hydrogens (tertiary/aromatic N) is 2. The Labute approximate surface area is 151 Å². The van der Waals surface area contributed by atoms with Crippen molar-refractivity contribution in [3.63, 3.8) is 0 Å². The Morgan fingerprint density at radius 1 is 1.12 bits per heavy atom. The second-order valence-electron chi connectivity index (χ2n) is 5.91. The van der Waals surface area contributed by atoms with Gasteiger partial charge in [-0.1, -0.05) is 0 Å². The van der Waals surface area contributed by atoms with Crippen LogP contribution in [0.3, 0.4) is 0 Å². The standard InChI is InChI=1S/C20H19N3O3/c1-13-11-16(12-18(14(13)2)20(25)26-3)22-19(24)15-5-7-17(8-6-15)23-10-4-9-21-23/h4-12H,1-3H3,(H,22,24). The molecule has 2 aromatic carbocycles. The normalized spacial score (nSPS) is 10.4. The first-order chi connectivity index (χ1) is 12.5. The number of hydrogen-bond acceptors (Lipinski definition) is 4. The molecule has 6 nitrogen and oxygen atoms in total. The molecule has 3 aromatic rings. The number of carbonyl (C=O) groups is 2. The first-order valence-corrected chi connectivity index (χ1v) is 8.10. The summed E-state index contributed by atoms with van der Waals surface area (Å²) in [6.45, 7) is 3.73. The number of ether oxygens (including phenoxy) is 1. The summed E-state index contributed by atoms with van der Waals surface area (Å²) in [5.41, 5.74) is 4.10. The number of hydrogen-bond donors (Lipinski definition) is 1. The molecule has 0 aliphatic rings. The third-order valence-electron chi connectivity index (χ3n) is 4.23. The number of carbonyl (C=O) groups excluding carboxylic acids is 2. The summed E-state index contributed by atoms with van der Waals surface area (Å²) in [6.07, 6.45) is 3.53. The zero-order valence-electron chi connectivity index (χ0n) is 14.8. The SMILES string of the molecule is COC(=O)c1cc(NC(=O)c2ccc(-n3cccn3)cc2)cc(C)c1C. The van der Waals surface area contributed by atoms with Gasteiger partial charge in [0.15, 0.2) is 0 Å². The number of aromatic nitrogens is 2. The molecule has 0 atom stereocenters. The van der Waals surface area contributed by atoms with E-state index < -0.39 is 5.97 Å². The molecule has 1 N–H and O–H groups in total. The van der Waals surface area contributed by atoms with Crippen LogP contribution in [0.2, 0.25) is 0 Å². The Bertz CT molecular complexity index is 945. The van der Waals surface area contributed by atoms with Gasteiger partial charge in [-0.05, 0) is 67.4 Å². The summed E-state index contributed by atoms with van der Waals surface area (Å²) in [7, 11) is 1.34. The minimum Gasteiger partial charge on any atom is -0.465 e. The first-order valence-electron chi connectivity index (χ1n) is 8.10. The quantitative estimate of drug-likeness (QED) is 0.731. The van der Waals surface area contributed by atoms with Crippen LogP contribution in [0.5, 0.6) is 0 Å². The fraction of sp³-hybridized carbons (Fsp3) is 0.150. The molecule has 0 unspecified atom stereocenters. The lowest BCUT2D eigenvalue weighted by atomic mass is 10.0. The molecule has 0 radical (unpaired) electrons. The smallest absolute Gasteiger partial charge is 0.338 e. The van der Waals surface area contributed by atoms with Crippen molar-refractivity contribution in [2.75, 3.05) is 12.4 Å². The van der Waals surface area contributed by atoms with Crippen LogP contribution in [-0.2, 0) is 4.74 Å². The van der Waals surface area contributed by atoms with Crippen LogP contribution in [0, 0.1) is 13.8 Å². The predicted molar refractivity (Wildman–Crippen MR) is 98.8 cm³/mol. The van der Waals surface area contributed by atoms with Crippen molar-refractivity contribution < 1.29 is 14.3 Å². The number of esters is 1. The highest BCUT2D eigenvalue weighted by Crippen LogP contribution is 2.21. The average Bonchev–Trinajstić information content (AvgIpc) is 3.18. The van der Waals surface area contributed by atoms with E-state index in [-0.39, 0.29) is 5.91 Å². The molecule has 1 amide bonds. The minimum atomic E-state index is -0.426. The lowest BCUT2D eigenvalue weighted by molar-refractivity contribution is 0.0599. The molecule has 1 heterocycles. The molecule has 3 rings (SSSR count). The van der Waals surface area contributed by atoms with E-state index in [0.29, 0.717) is 16.8 Å². The summed E-state index contributed by atoms with van der Waals surface area (Å²) < 4.78 is 6.52. The Morgan fingerprint density at radius 2 is 1.85 bits per heavy atom. The van der Waals surface area contributed by atoms with E-state index in [1.807, 2.05) is 44.3 Å². The molecular formula is C20H19N3O3. The molecule has 26 heavy (non-hydrogen) atoms. The molecule has 0 aliphatic heterocycles. The van der Waals surface area contributed by atoms with Crippen molar-refractivity contribution >= 4 is 17.6 Å².